The quantitative estimate of drug-likeness (QED) is 0.618. The minimum Gasteiger partial charge on any atom is -0.382 e. The molecular formula is C25H27F3N2O3. The number of amides is 1. The van der Waals surface area contributed by atoms with Crippen LogP contribution in [-0.2, 0) is 18.0 Å². The third-order valence-corrected chi connectivity index (χ3v) is 6.55. The van der Waals surface area contributed by atoms with E-state index in [-0.39, 0.29) is 5.91 Å². The van der Waals surface area contributed by atoms with Gasteiger partial charge in [-0.15, -0.1) is 0 Å². The number of ether oxygens (including phenoxy) is 1. The fourth-order valence-electron chi connectivity index (χ4n) is 4.66. The molecule has 0 spiro atoms. The third kappa shape index (κ3) is 4.13. The Labute approximate surface area is 190 Å². The molecule has 33 heavy (non-hydrogen) atoms. The first kappa shape index (κ1) is 23.3. The summed E-state index contributed by atoms with van der Waals surface area (Å²) < 4.78 is 46.9. The number of fused-ring (bicyclic) bond motifs is 1. The molecule has 1 aliphatic heterocycles. The number of nitrogens with zero attached hydrogens (tertiary/aromatic N) is 2. The van der Waals surface area contributed by atoms with E-state index in [9.17, 15) is 23.1 Å². The van der Waals surface area contributed by atoms with E-state index in [2.05, 4.69) is 0 Å². The lowest BCUT2D eigenvalue weighted by Gasteiger charge is -2.28. The summed E-state index contributed by atoms with van der Waals surface area (Å²) >= 11 is 0. The van der Waals surface area contributed by atoms with Crippen molar-refractivity contribution in [2.24, 2.45) is 7.05 Å². The van der Waals surface area contributed by atoms with Crippen molar-refractivity contribution in [3.8, 4) is 0 Å². The normalized spacial score (nSPS) is 15.8. The Bertz CT molecular complexity index is 1220. The van der Waals surface area contributed by atoms with E-state index < -0.39 is 17.8 Å². The zero-order chi connectivity index (χ0) is 24.1. The Morgan fingerprint density at radius 1 is 1.06 bits per heavy atom. The molecule has 176 valence electrons. The molecule has 1 unspecified atom stereocenters. The van der Waals surface area contributed by atoms with Crippen LogP contribution in [0.2, 0.25) is 0 Å². The molecule has 1 aliphatic rings. The lowest BCUT2D eigenvalue weighted by molar-refractivity contribution is -0.137. The Balaban J connectivity index is 1.79. The van der Waals surface area contributed by atoms with E-state index in [4.69, 9.17) is 4.74 Å². The topological polar surface area (TPSA) is 54.7 Å². The summed E-state index contributed by atoms with van der Waals surface area (Å²) in [6.07, 6.45) is -5.56. The fraction of sp³-hybridized carbons (Fsp3) is 0.400. The molecule has 1 saturated heterocycles. The van der Waals surface area contributed by atoms with Crippen LogP contribution in [0.5, 0.6) is 0 Å². The van der Waals surface area contributed by atoms with Crippen molar-refractivity contribution < 1.29 is 27.8 Å². The molecule has 0 bridgehead atoms. The monoisotopic (exact) mass is 460 g/mol. The van der Waals surface area contributed by atoms with Gasteiger partial charge in [0.25, 0.3) is 5.91 Å². The van der Waals surface area contributed by atoms with Crippen LogP contribution < -0.4 is 0 Å². The lowest BCUT2D eigenvalue weighted by atomic mass is 9.91. The van der Waals surface area contributed by atoms with Crippen molar-refractivity contribution in [3.05, 3.63) is 69.4 Å². The van der Waals surface area contributed by atoms with Gasteiger partial charge in [0.1, 0.15) is 6.10 Å². The average Bonchev–Trinajstić information content (AvgIpc) is 3.10. The van der Waals surface area contributed by atoms with Crippen LogP contribution in [-0.4, -0.2) is 46.8 Å². The van der Waals surface area contributed by atoms with Gasteiger partial charge >= 0.3 is 6.18 Å². The number of aromatic nitrogens is 1. The highest BCUT2D eigenvalue weighted by Gasteiger charge is 2.32. The Kier molecular flexibility index (Phi) is 6.01. The number of benzene rings is 2. The molecule has 3 aromatic rings. The number of carbonyl (C=O) groups excluding carboxylic acids is 1. The minimum absolute atomic E-state index is 0.119. The van der Waals surface area contributed by atoms with Crippen molar-refractivity contribution in [1.29, 1.82) is 0 Å². The van der Waals surface area contributed by atoms with Crippen LogP contribution in [0, 0.1) is 20.8 Å². The van der Waals surface area contributed by atoms with Crippen molar-refractivity contribution in [3.63, 3.8) is 0 Å². The molecule has 5 nitrogen and oxygen atoms in total. The van der Waals surface area contributed by atoms with Gasteiger partial charge < -0.3 is 19.3 Å². The molecule has 0 aliphatic carbocycles. The van der Waals surface area contributed by atoms with Crippen LogP contribution in [0.1, 0.15) is 50.0 Å². The van der Waals surface area contributed by atoms with E-state index in [0.29, 0.717) is 65.2 Å². The maximum absolute atomic E-state index is 13.3. The number of aliphatic hydroxyl groups excluding tert-OH is 1. The van der Waals surface area contributed by atoms with E-state index in [1.165, 1.54) is 0 Å². The molecule has 1 N–H and O–H groups in total. The van der Waals surface area contributed by atoms with E-state index >= 15 is 0 Å². The van der Waals surface area contributed by atoms with Crippen LogP contribution in [0.25, 0.3) is 10.9 Å². The molecule has 0 radical (unpaired) electrons. The van der Waals surface area contributed by atoms with E-state index in [0.717, 1.165) is 17.7 Å². The molecule has 1 aromatic heterocycles. The fourth-order valence-corrected chi connectivity index (χ4v) is 4.66. The second-order valence-electron chi connectivity index (χ2n) is 8.63. The van der Waals surface area contributed by atoms with Gasteiger partial charge in [0.2, 0.25) is 0 Å². The van der Waals surface area contributed by atoms with E-state index in [1.807, 2.05) is 6.92 Å². The second-order valence-corrected chi connectivity index (χ2v) is 8.63. The summed E-state index contributed by atoms with van der Waals surface area (Å²) in [6, 6.07) is 7.52. The molecule has 1 atom stereocenters. The van der Waals surface area contributed by atoms with Crippen LogP contribution in [0.15, 0.2) is 30.3 Å². The van der Waals surface area contributed by atoms with Crippen molar-refractivity contribution in [2.75, 3.05) is 26.3 Å². The van der Waals surface area contributed by atoms with Gasteiger partial charge in [0.05, 0.1) is 24.5 Å². The van der Waals surface area contributed by atoms with Gasteiger partial charge in [0.15, 0.2) is 0 Å². The van der Waals surface area contributed by atoms with Crippen molar-refractivity contribution in [2.45, 2.75) is 33.1 Å². The highest BCUT2D eigenvalue weighted by Crippen LogP contribution is 2.37. The van der Waals surface area contributed by atoms with Gasteiger partial charge in [-0.05, 0) is 67.3 Å². The molecule has 2 aromatic carbocycles. The number of alkyl halides is 3. The number of aryl methyl sites for hydroxylation is 3. The minimum atomic E-state index is -4.45. The summed E-state index contributed by atoms with van der Waals surface area (Å²) in [5, 5.41) is 12.0. The lowest BCUT2D eigenvalue weighted by Crippen LogP contribution is -2.41. The first-order chi connectivity index (χ1) is 15.5. The van der Waals surface area contributed by atoms with Gasteiger partial charge in [-0.2, -0.15) is 13.2 Å². The number of hydrogen-bond acceptors (Lipinski definition) is 3. The zero-order valence-corrected chi connectivity index (χ0v) is 19.1. The standard InChI is InChI=1S/C25H27F3N2O3/c1-14-5-6-18(24(32)30-7-9-33-10-8-30)16(3)22(14)23(31)21-13-19-15(2)11-17(25(26,27)28)12-20(19)29(21)4/h5-6,11-13,23,31H,7-10H2,1-4H3. The second kappa shape index (κ2) is 8.50. The summed E-state index contributed by atoms with van der Waals surface area (Å²) in [4.78, 5) is 14.8. The molecule has 1 fully saturated rings. The first-order valence-electron chi connectivity index (χ1n) is 10.8. The Hall–Kier alpha value is -2.84. The maximum atomic E-state index is 13.3. The zero-order valence-electron chi connectivity index (χ0n) is 19.1. The molecule has 4 rings (SSSR count). The SMILES string of the molecule is Cc1ccc(C(=O)N2CCOCC2)c(C)c1C(O)c1cc2c(C)cc(C(F)(F)F)cc2n1C. The van der Waals surface area contributed by atoms with Crippen LogP contribution >= 0.6 is 0 Å². The predicted octanol–water partition coefficient (Wildman–Crippen LogP) is 4.68. The number of aliphatic hydroxyl groups is 1. The van der Waals surface area contributed by atoms with Crippen molar-refractivity contribution in [1.82, 2.24) is 9.47 Å². The van der Waals surface area contributed by atoms with Gasteiger partial charge in [-0.1, -0.05) is 6.07 Å². The van der Waals surface area contributed by atoms with Crippen LogP contribution in [0.3, 0.4) is 0 Å². The summed E-state index contributed by atoms with van der Waals surface area (Å²) in [6.45, 7) is 7.27. The maximum Gasteiger partial charge on any atom is 0.416 e. The summed E-state index contributed by atoms with van der Waals surface area (Å²) in [5.74, 6) is -0.119. The predicted molar refractivity (Wildman–Crippen MR) is 119 cm³/mol. The van der Waals surface area contributed by atoms with Gasteiger partial charge in [-0.25, -0.2) is 0 Å². The van der Waals surface area contributed by atoms with Gasteiger partial charge in [-0.3, -0.25) is 4.79 Å². The average molecular weight is 460 g/mol. The largest absolute Gasteiger partial charge is 0.416 e. The number of halogens is 3. The summed E-state index contributed by atoms with van der Waals surface area (Å²) in [7, 11) is 1.65. The van der Waals surface area contributed by atoms with E-state index in [1.54, 1.807) is 48.6 Å². The number of carbonyl (C=O) groups is 1. The molecule has 2 heterocycles. The number of morpholine rings is 1. The highest BCUT2D eigenvalue weighted by molar-refractivity contribution is 5.96. The molecule has 0 saturated carbocycles. The first-order valence-corrected chi connectivity index (χ1v) is 10.8. The molecule has 1 amide bonds. The number of hydrogen-bond donors (Lipinski definition) is 1. The Morgan fingerprint density at radius 2 is 1.73 bits per heavy atom. The smallest absolute Gasteiger partial charge is 0.382 e. The van der Waals surface area contributed by atoms with Crippen molar-refractivity contribution >= 4 is 16.8 Å². The Morgan fingerprint density at radius 3 is 2.36 bits per heavy atom. The van der Waals surface area contributed by atoms with Crippen LogP contribution in [0.4, 0.5) is 13.2 Å². The number of rotatable bonds is 3. The van der Waals surface area contributed by atoms with Gasteiger partial charge in [0, 0.05) is 36.6 Å². The summed E-state index contributed by atoms with van der Waals surface area (Å²) in [5.41, 5.74) is 3.19. The highest BCUT2D eigenvalue weighted by atomic mass is 19.4. The molecular weight excluding hydrogens is 433 g/mol. The third-order valence-electron chi connectivity index (χ3n) is 6.55. The molecule has 8 heteroatoms.